The maximum absolute atomic E-state index is 12.7. The van der Waals surface area contributed by atoms with Crippen molar-refractivity contribution in [3.8, 4) is 17.1 Å². The predicted molar refractivity (Wildman–Crippen MR) is 140 cm³/mol. The molecule has 3 aromatic rings. The highest BCUT2D eigenvalue weighted by Crippen LogP contribution is 2.38. The van der Waals surface area contributed by atoms with Gasteiger partial charge < -0.3 is 23.8 Å². The minimum Gasteiger partial charge on any atom is -0.496 e. The van der Waals surface area contributed by atoms with E-state index >= 15 is 0 Å². The molecule has 1 aromatic carbocycles. The monoisotopic (exact) mass is 512 g/mol. The molecule has 2 aliphatic rings. The molecule has 0 radical (unpaired) electrons. The molecular formula is C26H33ClN6O3. The first-order valence-corrected chi connectivity index (χ1v) is 12.7. The van der Waals surface area contributed by atoms with Crippen molar-refractivity contribution in [2.45, 2.75) is 52.2 Å². The van der Waals surface area contributed by atoms with Gasteiger partial charge in [-0.2, -0.15) is 0 Å². The number of hydrogen-bond acceptors (Lipinski definition) is 7. The molecule has 1 amide bonds. The number of anilines is 1. The van der Waals surface area contributed by atoms with E-state index in [1.807, 2.05) is 56.5 Å². The fraction of sp³-hybridized carbons (Fsp3) is 0.538. The lowest BCUT2D eigenvalue weighted by Crippen LogP contribution is -2.51. The maximum atomic E-state index is 12.7. The number of ether oxygens (including phenoxy) is 2. The number of amides is 1. The summed E-state index contributed by atoms with van der Waals surface area (Å²) in [6.45, 7) is 9.89. The second kappa shape index (κ2) is 9.10. The van der Waals surface area contributed by atoms with E-state index in [0.717, 1.165) is 48.7 Å². The lowest BCUT2D eigenvalue weighted by Gasteiger charge is -2.39. The molecule has 10 heteroatoms. The van der Waals surface area contributed by atoms with Gasteiger partial charge in [-0.05, 0) is 64.2 Å². The molecule has 2 saturated heterocycles. The highest BCUT2D eigenvalue weighted by molar-refractivity contribution is 6.31. The van der Waals surface area contributed by atoms with Crippen LogP contribution in [-0.2, 0) is 11.8 Å². The summed E-state index contributed by atoms with van der Waals surface area (Å²) in [5, 5.41) is 0.613. The molecule has 0 N–H and O–H groups in total. The summed E-state index contributed by atoms with van der Waals surface area (Å²) >= 11 is 6.25. The van der Waals surface area contributed by atoms with Gasteiger partial charge in [-0.25, -0.2) is 19.7 Å². The molecule has 5 rings (SSSR count). The zero-order valence-electron chi connectivity index (χ0n) is 21.7. The Morgan fingerprint density at radius 2 is 1.92 bits per heavy atom. The second-order valence-electron chi connectivity index (χ2n) is 10.7. The molecule has 0 saturated carbocycles. The van der Waals surface area contributed by atoms with Gasteiger partial charge in [0.2, 0.25) is 0 Å². The Balaban J connectivity index is 1.45. The number of rotatable bonds is 3. The number of fused-ring (bicyclic) bond motifs is 2. The van der Waals surface area contributed by atoms with Crippen molar-refractivity contribution in [1.29, 1.82) is 0 Å². The highest BCUT2D eigenvalue weighted by atomic mass is 35.5. The molecule has 9 nitrogen and oxygen atoms in total. The Morgan fingerprint density at radius 1 is 1.17 bits per heavy atom. The Hall–Kier alpha value is -3.07. The van der Waals surface area contributed by atoms with Gasteiger partial charge >= 0.3 is 6.09 Å². The number of carbonyl (C=O) groups excluding carboxylic acids is 1. The Labute approximate surface area is 216 Å². The molecule has 0 spiro atoms. The van der Waals surface area contributed by atoms with E-state index in [-0.39, 0.29) is 12.1 Å². The number of likely N-dealkylation sites (tertiary alicyclic amines) is 1. The van der Waals surface area contributed by atoms with E-state index < -0.39 is 5.60 Å². The number of hydrogen-bond donors (Lipinski definition) is 0. The number of halogens is 1. The van der Waals surface area contributed by atoms with Gasteiger partial charge in [0.25, 0.3) is 0 Å². The molecule has 2 atom stereocenters. The van der Waals surface area contributed by atoms with E-state index in [4.69, 9.17) is 36.0 Å². The van der Waals surface area contributed by atoms with Crippen molar-refractivity contribution >= 4 is 34.8 Å². The van der Waals surface area contributed by atoms with Gasteiger partial charge in [0, 0.05) is 31.7 Å². The van der Waals surface area contributed by atoms with Crippen LogP contribution < -0.4 is 9.64 Å². The van der Waals surface area contributed by atoms with Crippen LogP contribution in [0.2, 0.25) is 5.02 Å². The van der Waals surface area contributed by atoms with E-state index in [0.29, 0.717) is 34.5 Å². The van der Waals surface area contributed by atoms with Crippen LogP contribution in [0.4, 0.5) is 10.6 Å². The van der Waals surface area contributed by atoms with Gasteiger partial charge in [-0.3, -0.25) is 0 Å². The average Bonchev–Trinajstić information content (AvgIpc) is 3.37. The first-order valence-electron chi connectivity index (χ1n) is 12.3. The van der Waals surface area contributed by atoms with Crippen molar-refractivity contribution in [1.82, 2.24) is 24.4 Å². The third-order valence-corrected chi connectivity index (χ3v) is 7.30. The van der Waals surface area contributed by atoms with Crippen molar-refractivity contribution in [2.24, 2.45) is 13.0 Å². The summed E-state index contributed by atoms with van der Waals surface area (Å²) < 4.78 is 13.2. The maximum Gasteiger partial charge on any atom is 0.410 e. The van der Waals surface area contributed by atoms with E-state index in [1.165, 1.54) is 0 Å². The molecule has 2 unspecified atom stereocenters. The SMILES string of the molecule is COc1cc(Cl)cc(C)c1-c1nc2nc(N3CCC4CCN(C(=O)OC(C)(C)C)CC43)cnc2n1C. The van der Waals surface area contributed by atoms with Crippen LogP contribution in [0.5, 0.6) is 5.75 Å². The Kier molecular flexibility index (Phi) is 6.22. The Bertz CT molecular complexity index is 1320. The minimum absolute atomic E-state index is 0.180. The topological polar surface area (TPSA) is 85.6 Å². The summed E-state index contributed by atoms with van der Waals surface area (Å²) in [5.41, 5.74) is 2.59. The number of methoxy groups -OCH3 is 1. The number of aryl methyl sites for hydroxylation is 2. The highest BCUT2D eigenvalue weighted by Gasteiger charge is 2.41. The zero-order valence-corrected chi connectivity index (χ0v) is 22.5. The Morgan fingerprint density at radius 3 is 2.64 bits per heavy atom. The number of imidazole rings is 1. The van der Waals surface area contributed by atoms with Crippen molar-refractivity contribution in [3.63, 3.8) is 0 Å². The third kappa shape index (κ3) is 4.45. The standard InChI is InChI=1S/C26H33ClN6O3/c1-15-11-17(27)12-19(35-6)21(15)23-30-22-24(31(23)5)28-13-20(29-22)33-10-8-16-7-9-32(14-18(16)33)25(34)36-26(2,3)4/h11-13,16,18H,7-10,14H2,1-6H3. The first kappa shape index (κ1) is 24.6. The van der Waals surface area contributed by atoms with Crippen molar-refractivity contribution in [3.05, 3.63) is 28.9 Å². The molecule has 2 aliphatic heterocycles. The lowest BCUT2D eigenvalue weighted by atomic mass is 9.92. The van der Waals surface area contributed by atoms with Gasteiger partial charge in [0.1, 0.15) is 23.0 Å². The second-order valence-corrected chi connectivity index (χ2v) is 11.1. The molecule has 2 fully saturated rings. The van der Waals surface area contributed by atoms with Crippen molar-refractivity contribution < 1.29 is 14.3 Å². The van der Waals surface area contributed by atoms with Gasteiger partial charge in [-0.15, -0.1) is 0 Å². The smallest absolute Gasteiger partial charge is 0.410 e. The molecule has 0 aliphatic carbocycles. The summed E-state index contributed by atoms with van der Waals surface area (Å²) in [5.74, 6) is 2.68. The predicted octanol–water partition coefficient (Wildman–Crippen LogP) is 4.84. The van der Waals surface area contributed by atoms with Gasteiger partial charge in [-0.1, -0.05) is 11.6 Å². The number of benzene rings is 1. The normalized spacial score (nSPS) is 20.1. The fourth-order valence-electron chi connectivity index (χ4n) is 5.39. The molecule has 4 heterocycles. The van der Waals surface area contributed by atoms with Gasteiger partial charge in [0.05, 0.1) is 24.9 Å². The summed E-state index contributed by atoms with van der Waals surface area (Å²) in [6, 6.07) is 3.87. The number of nitrogens with zero attached hydrogens (tertiary/aromatic N) is 6. The van der Waals surface area contributed by atoms with Crippen LogP contribution in [0.1, 0.15) is 39.2 Å². The summed E-state index contributed by atoms with van der Waals surface area (Å²) in [6.07, 6.45) is 3.59. The van der Waals surface area contributed by atoms with Crippen LogP contribution in [0, 0.1) is 12.8 Å². The zero-order chi connectivity index (χ0) is 25.8. The number of piperidine rings is 1. The summed E-state index contributed by atoms with van der Waals surface area (Å²) in [7, 11) is 3.55. The molecule has 2 aromatic heterocycles. The lowest BCUT2D eigenvalue weighted by molar-refractivity contribution is 0.0173. The van der Waals surface area contributed by atoms with E-state index in [1.54, 1.807) is 13.2 Å². The van der Waals surface area contributed by atoms with Crippen LogP contribution in [0.3, 0.4) is 0 Å². The average molecular weight is 513 g/mol. The van der Waals surface area contributed by atoms with Gasteiger partial charge in [0.15, 0.2) is 11.3 Å². The van der Waals surface area contributed by atoms with E-state index in [9.17, 15) is 4.79 Å². The third-order valence-electron chi connectivity index (χ3n) is 7.09. The summed E-state index contributed by atoms with van der Waals surface area (Å²) in [4.78, 5) is 31.3. The number of aromatic nitrogens is 4. The van der Waals surface area contributed by atoms with Crippen LogP contribution in [-0.4, -0.2) is 68.9 Å². The molecule has 36 heavy (non-hydrogen) atoms. The van der Waals surface area contributed by atoms with Crippen LogP contribution in [0.25, 0.3) is 22.7 Å². The minimum atomic E-state index is -0.512. The first-order chi connectivity index (χ1) is 17.1. The van der Waals surface area contributed by atoms with Crippen molar-refractivity contribution in [2.75, 3.05) is 31.6 Å². The van der Waals surface area contributed by atoms with Crippen LogP contribution in [0.15, 0.2) is 18.3 Å². The number of carbonyl (C=O) groups is 1. The molecule has 192 valence electrons. The molecule has 0 bridgehead atoms. The van der Waals surface area contributed by atoms with E-state index in [2.05, 4.69) is 4.90 Å². The largest absolute Gasteiger partial charge is 0.496 e. The molecular weight excluding hydrogens is 480 g/mol. The van der Waals surface area contributed by atoms with Crippen LogP contribution >= 0.6 is 11.6 Å². The fourth-order valence-corrected chi connectivity index (χ4v) is 5.65. The quantitative estimate of drug-likeness (QED) is 0.496.